The van der Waals surface area contributed by atoms with Crippen LogP contribution in [0.25, 0.3) is 0 Å². The number of unbranched alkanes of at least 4 members (excludes halogenated alkanes) is 1. The van der Waals surface area contributed by atoms with E-state index in [1.807, 2.05) is 0 Å². The van der Waals surface area contributed by atoms with Crippen molar-refractivity contribution in [3.05, 3.63) is 0 Å². The van der Waals surface area contributed by atoms with Crippen molar-refractivity contribution in [2.75, 3.05) is 6.54 Å². The van der Waals surface area contributed by atoms with E-state index in [0.717, 1.165) is 18.4 Å². The van der Waals surface area contributed by atoms with Gasteiger partial charge in [-0.15, -0.1) is 0 Å². The third kappa shape index (κ3) is 6.42. The fraction of sp³-hybridized carbons (Fsp3) is 1.00. The van der Waals surface area contributed by atoms with Crippen LogP contribution in [0.1, 0.15) is 65.7 Å². The average Bonchev–Trinajstić information content (AvgIpc) is 2.23. The van der Waals surface area contributed by atoms with Gasteiger partial charge in [0.2, 0.25) is 0 Å². The molecule has 0 amide bonds. The maximum Gasteiger partial charge on any atom is -0.00490 e. The van der Waals surface area contributed by atoms with Crippen LogP contribution in [0, 0.1) is 11.8 Å². The van der Waals surface area contributed by atoms with Gasteiger partial charge in [0.1, 0.15) is 0 Å². The Labute approximate surface area is 90.5 Å². The van der Waals surface area contributed by atoms with Crippen molar-refractivity contribution in [2.45, 2.75) is 65.7 Å². The third-order valence-electron chi connectivity index (χ3n) is 3.44. The second kappa shape index (κ2) is 9.51. The minimum absolute atomic E-state index is 0.769. The Morgan fingerprint density at radius 2 is 1.43 bits per heavy atom. The van der Waals surface area contributed by atoms with Crippen molar-refractivity contribution in [1.29, 1.82) is 0 Å². The Balaban J connectivity index is 3.59. The standard InChI is InChI=1S/C13H29N/c1-4-7-8-12(5-2)9-10-13(6-3)11-14/h12-13H,4-11,14H2,1-3H3. The summed E-state index contributed by atoms with van der Waals surface area (Å²) in [6, 6.07) is 0. The molecule has 0 aromatic rings. The van der Waals surface area contributed by atoms with E-state index in [-0.39, 0.29) is 0 Å². The van der Waals surface area contributed by atoms with E-state index in [0.29, 0.717) is 0 Å². The van der Waals surface area contributed by atoms with Gasteiger partial charge in [-0.3, -0.25) is 0 Å². The molecular weight excluding hydrogens is 170 g/mol. The Morgan fingerprint density at radius 3 is 1.86 bits per heavy atom. The van der Waals surface area contributed by atoms with Crippen LogP contribution in [-0.2, 0) is 0 Å². The van der Waals surface area contributed by atoms with Crippen LogP contribution in [0.4, 0.5) is 0 Å². The van der Waals surface area contributed by atoms with Crippen LogP contribution in [0.2, 0.25) is 0 Å². The van der Waals surface area contributed by atoms with E-state index >= 15 is 0 Å². The molecule has 0 rings (SSSR count). The van der Waals surface area contributed by atoms with Gasteiger partial charge in [0, 0.05) is 0 Å². The second-order valence-electron chi connectivity index (χ2n) is 4.50. The first-order valence-electron chi connectivity index (χ1n) is 6.48. The Bertz CT molecular complexity index is 108. The first-order valence-corrected chi connectivity index (χ1v) is 6.48. The molecule has 2 N–H and O–H groups in total. The molecule has 0 fully saturated rings. The molecule has 0 radical (unpaired) electrons. The van der Waals surface area contributed by atoms with Gasteiger partial charge < -0.3 is 5.73 Å². The van der Waals surface area contributed by atoms with Crippen molar-refractivity contribution in [3.8, 4) is 0 Å². The van der Waals surface area contributed by atoms with Crippen molar-refractivity contribution in [3.63, 3.8) is 0 Å². The molecule has 0 aromatic carbocycles. The highest BCUT2D eigenvalue weighted by Gasteiger charge is 2.09. The van der Waals surface area contributed by atoms with Gasteiger partial charge in [0.25, 0.3) is 0 Å². The van der Waals surface area contributed by atoms with Gasteiger partial charge >= 0.3 is 0 Å². The van der Waals surface area contributed by atoms with Crippen LogP contribution >= 0.6 is 0 Å². The van der Waals surface area contributed by atoms with E-state index < -0.39 is 0 Å². The molecule has 0 aliphatic carbocycles. The summed E-state index contributed by atoms with van der Waals surface area (Å²) >= 11 is 0. The van der Waals surface area contributed by atoms with E-state index in [1.165, 1.54) is 44.9 Å². The Kier molecular flexibility index (Phi) is 9.49. The van der Waals surface area contributed by atoms with Gasteiger partial charge in [-0.25, -0.2) is 0 Å². The Morgan fingerprint density at radius 1 is 0.857 bits per heavy atom. The molecular formula is C13H29N. The SMILES string of the molecule is CCCCC(CC)CCC(CC)CN. The first-order chi connectivity index (χ1) is 6.78. The van der Waals surface area contributed by atoms with Gasteiger partial charge in [0.05, 0.1) is 0 Å². The summed E-state index contributed by atoms with van der Waals surface area (Å²) in [4.78, 5) is 0. The highest BCUT2D eigenvalue weighted by Crippen LogP contribution is 2.21. The topological polar surface area (TPSA) is 26.0 Å². The molecule has 14 heavy (non-hydrogen) atoms. The smallest absolute Gasteiger partial charge is 0.00490 e. The summed E-state index contributed by atoms with van der Waals surface area (Å²) in [6.45, 7) is 7.73. The molecule has 0 aliphatic heterocycles. The van der Waals surface area contributed by atoms with Crippen LogP contribution < -0.4 is 5.73 Å². The van der Waals surface area contributed by atoms with Gasteiger partial charge in [0.15, 0.2) is 0 Å². The van der Waals surface area contributed by atoms with E-state index in [4.69, 9.17) is 5.73 Å². The second-order valence-corrected chi connectivity index (χ2v) is 4.50. The predicted molar refractivity (Wildman–Crippen MR) is 65.4 cm³/mol. The molecule has 1 heteroatoms. The maximum absolute atomic E-state index is 5.71. The minimum Gasteiger partial charge on any atom is -0.330 e. The zero-order valence-corrected chi connectivity index (χ0v) is 10.4. The zero-order valence-electron chi connectivity index (χ0n) is 10.4. The summed E-state index contributed by atoms with van der Waals surface area (Å²) in [5, 5.41) is 0. The summed E-state index contributed by atoms with van der Waals surface area (Å²) in [5.41, 5.74) is 5.71. The van der Waals surface area contributed by atoms with Gasteiger partial charge in [-0.05, 0) is 24.8 Å². The molecule has 0 saturated heterocycles. The fourth-order valence-corrected chi connectivity index (χ4v) is 2.01. The number of hydrogen-bond donors (Lipinski definition) is 1. The van der Waals surface area contributed by atoms with Crippen molar-refractivity contribution in [1.82, 2.24) is 0 Å². The third-order valence-corrected chi connectivity index (χ3v) is 3.44. The van der Waals surface area contributed by atoms with Crippen molar-refractivity contribution < 1.29 is 0 Å². The summed E-state index contributed by atoms with van der Waals surface area (Å²) in [7, 11) is 0. The molecule has 0 heterocycles. The van der Waals surface area contributed by atoms with Crippen molar-refractivity contribution in [2.24, 2.45) is 17.6 Å². The largest absolute Gasteiger partial charge is 0.330 e. The first kappa shape index (κ1) is 14.0. The molecule has 2 atom stereocenters. The molecule has 1 nitrogen and oxygen atoms in total. The van der Waals surface area contributed by atoms with Crippen LogP contribution in [-0.4, -0.2) is 6.54 Å². The highest BCUT2D eigenvalue weighted by atomic mass is 14.5. The van der Waals surface area contributed by atoms with Crippen molar-refractivity contribution >= 4 is 0 Å². The van der Waals surface area contributed by atoms with E-state index in [9.17, 15) is 0 Å². The molecule has 0 aromatic heterocycles. The number of hydrogen-bond acceptors (Lipinski definition) is 1. The average molecular weight is 199 g/mol. The van der Waals surface area contributed by atoms with Gasteiger partial charge in [-0.2, -0.15) is 0 Å². The monoisotopic (exact) mass is 199 g/mol. The maximum atomic E-state index is 5.71. The quantitative estimate of drug-likeness (QED) is 0.597. The zero-order chi connectivity index (χ0) is 10.8. The summed E-state index contributed by atoms with van der Waals surface area (Å²) < 4.78 is 0. The molecule has 86 valence electrons. The number of nitrogens with two attached hydrogens (primary N) is 1. The lowest BCUT2D eigenvalue weighted by atomic mass is 9.89. The van der Waals surface area contributed by atoms with Crippen LogP contribution in [0.5, 0.6) is 0 Å². The molecule has 2 unspecified atom stereocenters. The summed E-state index contributed by atoms with van der Waals surface area (Å²) in [5.74, 6) is 1.72. The molecule has 0 bridgehead atoms. The molecule has 0 spiro atoms. The molecule has 0 saturated carbocycles. The van der Waals surface area contributed by atoms with Crippen LogP contribution in [0.15, 0.2) is 0 Å². The minimum atomic E-state index is 0.769. The number of rotatable bonds is 9. The Hall–Kier alpha value is -0.0400. The predicted octanol–water partition coefficient (Wildman–Crippen LogP) is 3.97. The van der Waals surface area contributed by atoms with E-state index in [2.05, 4.69) is 20.8 Å². The lowest BCUT2D eigenvalue weighted by Gasteiger charge is -2.18. The molecule has 0 aliphatic rings. The van der Waals surface area contributed by atoms with Crippen LogP contribution in [0.3, 0.4) is 0 Å². The fourth-order valence-electron chi connectivity index (χ4n) is 2.01. The highest BCUT2D eigenvalue weighted by molar-refractivity contribution is 4.63. The normalized spacial score (nSPS) is 15.4. The summed E-state index contributed by atoms with van der Waals surface area (Å²) in [6.07, 6.45) is 9.50. The lowest BCUT2D eigenvalue weighted by Crippen LogP contribution is -2.14. The lowest BCUT2D eigenvalue weighted by molar-refractivity contribution is 0.358. The van der Waals surface area contributed by atoms with Gasteiger partial charge in [-0.1, -0.05) is 59.3 Å². The van der Waals surface area contributed by atoms with E-state index in [1.54, 1.807) is 0 Å².